The minimum absolute atomic E-state index is 0.849. The highest BCUT2D eigenvalue weighted by Gasteiger charge is 2.41. The zero-order chi connectivity index (χ0) is 9.14. The molecule has 0 aromatic carbocycles. The molecule has 0 aliphatic heterocycles. The van der Waals surface area contributed by atoms with Crippen molar-refractivity contribution < 1.29 is 0 Å². The van der Waals surface area contributed by atoms with Gasteiger partial charge < -0.3 is 4.90 Å². The van der Waals surface area contributed by atoms with Gasteiger partial charge in [-0.25, -0.2) is 0 Å². The molecular formula is C11H23N. The third kappa shape index (κ3) is 2.22. The zero-order valence-electron chi connectivity index (χ0n) is 9.01. The van der Waals surface area contributed by atoms with Gasteiger partial charge >= 0.3 is 0 Å². The van der Waals surface area contributed by atoms with Crippen molar-refractivity contribution in [3.8, 4) is 0 Å². The Bertz CT molecular complexity index is 131. The molecule has 1 saturated carbocycles. The second kappa shape index (κ2) is 4.27. The molecule has 0 amide bonds. The van der Waals surface area contributed by atoms with Gasteiger partial charge in [0.15, 0.2) is 0 Å². The Morgan fingerprint density at radius 3 is 2.42 bits per heavy atom. The molecule has 0 heterocycles. The van der Waals surface area contributed by atoms with E-state index in [1.807, 2.05) is 0 Å². The minimum Gasteiger partial charge on any atom is -0.306 e. The molecule has 0 bridgehead atoms. The van der Waals surface area contributed by atoms with Crippen molar-refractivity contribution >= 4 is 0 Å². The standard InChI is InChI=1S/C11H23N/c1-5-7-9-8-10(9)11(6-2)12(3)4/h9-11H,5-8H2,1-4H3. The van der Waals surface area contributed by atoms with Crippen LogP contribution >= 0.6 is 0 Å². The van der Waals surface area contributed by atoms with Crippen LogP contribution < -0.4 is 0 Å². The van der Waals surface area contributed by atoms with Crippen molar-refractivity contribution in [1.82, 2.24) is 4.90 Å². The molecule has 3 atom stereocenters. The Labute approximate surface area is 77.1 Å². The maximum Gasteiger partial charge on any atom is 0.0117 e. The first kappa shape index (κ1) is 10.0. The largest absolute Gasteiger partial charge is 0.306 e. The van der Waals surface area contributed by atoms with E-state index in [2.05, 4.69) is 32.8 Å². The Balaban J connectivity index is 2.29. The van der Waals surface area contributed by atoms with Gasteiger partial charge in [0.25, 0.3) is 0 Å². The molecule has 0 saturated heterocycles. The van der Waals surface area contributed by atoms with E-state index in [-0.39, 0.29) is 0 Å². The number of rotatable bonds is 5. The quantitative estimate of drug-likeness (QED) is 0.611. The predicted octanol–water partition coefficient (Wildman–Crippen LogP) is 2.76. The molecule has 0 spiro atoms. The second-order valence-corrected chi connectivity index (χ2v) is 4.39. The van der Waals surface area contributed by atoms with Crippen LogP contribution in [0.5, 0.6) is 0 Å². The van der Waals surface area contributed by atoms with Crippen molar-refractivity contribution in [2.75, 3.05) is 14.1 Å². The summed E-state index contributed by atoms with van der Waals surface area (Å²) in [5.41, 5.74) is 0. The van der Waals surface area contributed by atoms with Crippen molar-refractivity contribution in [2.24, 2.45) is 11.8 Å². The Hall–Kier alpha value is -0.0400. The summed E-state index contributed by atoms with van der Waals surface area (Å²) in [5.74, 6) is 2.08. The third-order valence-electron chi connectivity index (χ3n) is 3.21. The first-order chi connectivity index (χ1) is 5.70. The fraction of sp³-hybridized carbons (Fsp3) is 1.00. The van der Waals surface area contributed by atoms with E-state index in [0.717, 1.165) is 17.9 Å². The first-order valence-corrected chi connectivity index (χ1v) is 5.37. The highest BCUT2D eigenvalue weighted by atomic mass is 15.1. The lowest BCUT2D eigenvalue weighted by Crippen LogP contribution is -2.29. The highest BCUT2D eigenvalue weighted by Crippen LogP contribution is 2.46. The summed E-state index contributed by atoms with van der Waals surface area (Å²) >= 11 is 0. The van der Waals surface area contributed by atoms with Crippen molar-refractivity contribution in [3.63, 3.8) is 0 Å². The maximum absolute atomic E-state index is 2.40. The lowest BCUT2D eigenvalue weighted by atomic mass is 10.1. The average Bonchev–Trinajstić information content (AvgIpc) is 2.70. The Morgan fingerprint density at radius 2 is 2.00 bits per heavy atom. The fourth-order valence-electron chi connectivity index (χ4n) is 2.50. The van der Waals surface area contributed by atoms with Crippen molar-refractivity contribution in [1.29, 1.82) is 0 Å². The lowest BCUT2D eigenvalue weighted by molar-refractivity contribution is 0.247. The van der Waals surface area contributed by atoms with Crippen LogP contribution in [0.1, 0.15) is 39.5 Å². The summed E-state index contributed by atoms with van der Waals surface area (Å²) in [6.07, 6.45) is 5.63. The summed E-state index contributed by atoms with van der Waals surface area (Å²) in [6, 6.07) is 0.849. The predicted molar refractivity (Wildman–Crippen MR) is 54.3 cm³/mol. The van der Waals surface area contributed by atoms with Gasteiger partial charge in [-0.1, -0.05) is 26.7 Å². The van der Waals surface area contributed by atoms with Gasteiger partial charge in [0, 0.05) is 6.04 Å². The monoisotopic (exact) mass is 169 g/mol. The number of nitrogens with zero attached hydrogens (tertiary/aromatic N) is 1. The molecule has 1 nitrogen and oxygen atoms in total. The zero-order valence-corrected chi connectivity index (χ0v) is 9.01. The van der Waals surface area contributed by atoms with E-state index >= 15 is 0 Å². The van der Waals surface area contributed by atoms with E-state index in [4.69, 9.17) is 0 Å². The van der Waals surface area contributed by atoms with Gasteiger partial charge in [0.05, 0.1) is 0 Å². The van der Waals surface area contributed by atoms with Gasteiger partial charge in [-0.05, 0) is 38.8 Å². The molecule has 1 fully saturated rings. The summed E-state index contributed by atoms with van der Waals surface area (Å²) < 4.78 is 0. The van der Waals surface area contributed by atoms with Crippen LogP contribution in [0.3, 0.4) is 0 Å². The van der Waals surface area contributed by atoms with Gasteiger partial charge in [0.2, 0.25) is 0 Å². The average molecular weight is 169 g/mol. The summed E-state index contributed by atoms with van der Waals surface area (Å²) in [5, 5.41) is 0. The van der Waals surface area contributed by atoms with Crippen LogP contribution in [0, 0.1) is 11.8 Å². The smallest absolute Gasteiger partial charge is 0.0117 e. The molecule has 0 N–H and O–H groups in total. The van der Waals surface area contributed by atoms with Gasteiger partial charge in [-0.15, -0.1) is 0 Å². The topological polar surface area (TPSA) is 3.24 Å². The van der Waals surface area contributed by atoms with E-state index < -0.39 is 0 Å². The first-order valence-electron chi connectivity index (χ1n) is 5.37. The molecule has 12 heavy (non-hydrogen) atoms. The van der Waals surface area contributed by atoms with Crippen LogP contribution in [0.15, 0.2) is 0 Å². The van der Waals surface area contributed by atoms with E-state index in [1.165, 1.54) is 25.7 Å². The van der Waals surface area contributed by atoms with Crippen molar-refractivity contribution in [2.45, 2.75) is 45.6 Å². The molecule has 1 rings (SSSR count). The molecule has 1 aliphatic carbocycles. The molecule has 72 valence electrons. The lowest BCUT2D eigenvalue weighted by Gasteiger charge is -2.23. The number of hydrogen-bond acceptors (Lipinski definition) is 1. The third-order valence-corrected chi connectivity index (χ3v) is 3.21. The van der Waals surface area contributed by atoms with Crippen LogP contribution in [0.4, 0.5) is 0 Å². The Kier molecular flexibility index (Phi) is 3.57. The number of hydrogen-bond donors (Lipinski definition) is 0. The fourth-order valence-corrected chi connectivity index (χ4v) is 2.50. The van der Waals surface area contributed by atoms with E-state index in [0.29, 0.717) is 0 Å². The van der Waals surface area contributed by atoms with Crippen molar-refractivity contribution in [3.05, 3.63) is 0 Å². The van der Waals surface area contributed by atoms with Crippen LogP contribution in [-0.4, -0.2) is 25.0 Å². The molecule has 1 aliphatic rings. The highest BCUT2D eigenvalue weighted by molar-refractivity contribution is 4.93. The SMILES string of the molecule is CCCC1CC1C(CC)N(C)C. The van der Waals surface area contributed by atoms with Gasteiger partial charge in [0.1, 0.15) is 0 Å². The van der Waals surface area contributed by atoms with Gasteiger partial charge in [-0.3, -0.25) is 0 Å². The summed E-state index contributed by atoms with van der Waals surface area (Å²) in [7, 11) is 4.44. The summed E-state index contributed by atoms with van der Waals surface area (Å²) in [4.78, 5) is 2.40. The minimum atomic E-state index is 0.849. The molecular weight excluding hydrogens is 146 g/mol. The maximum atomic E-state index is 2.40. The molecule has 0 aromatic heterocycles. The Morgan fingerprint density at radius 1 is 1.33 bits per heavy atom. The van der Waals surface area contributed by atoms with E-state index in [9.17, 15) is 0 Å². The van der Waals surface area contributed by atoms with Crippen LogP contribution in [0.25, 0.3) is 0 Å². The van der Waals surface area contributed by atoms with Crippen LogP contribution in [0.2, 0.25) is 0 Å². The molecule has 0 aromatic rings. The normalized spacial score (nSPS) is 30.8. The molecule has 1 heteroatoms. The molecule has 0 radical (unpaired) electrons. The van der Waals surface area contributed by atoms with Crippen LogP contribution in [-0.2, 0) is 0 Å². The van der Waals surface area contributed by atoms with Gasteiger partial charge in [-0.2, -0.15) is 0 Å². The summed E-state index contributed by atoms with van der Waals surface area (Å²) in [6.45, 7) is 4.61. The second-order valence-electron chi connectivity index (χ2n) is 4.39. The van der Waals surface area contributed by atoms with E-state index in [1.54, 1.807) is 0 Å². The molecule has 3 unspecified atom stereocenters.